The van der Waals surface area contributed by atoms with E-state index >= 15 is 0 Å². The number of hydrogen-bond donors (Lipinski definition) is 0. The van der Waals surface area contributed by atoms with Crippen molar-refractivity contribution >= 4 is 23.2 Å². The molecule has 0 saturated carbocycles. The minimum atomic E-state index is -0.207. The fourth-order valence-corrected chi connectivity index (χ4v) is 3.92. The third-order valence-electron chi connectivity index (χ3n) is 5.08. The topological polar surface area (TPSA) is 56.6 Å². The second kappa shape index (κ2) is 7.36. The summed E-state index contributed by atoms with van der Waals surface area (Å²) in [7, 11) is 1.74. The van der Waals surface area contributed by atoms with Crippen LogP contribution < -0.4 is 14.4 Å². The molecule has 2 aromatic carbocycles. The number of nitrogens with zero attached hydrogens (tertiary/aromatic N) is 3. The van der Waals surface area contributed by atoms with Crippen LogP contribution in [0.5, 0.6) is 11.5 Å². The van der Waals surface area contributed by atoms with Gasteiger partial charge in [-0.3, -0.25) is 4.79 Å². The van der Waals surface area contributed by atoms with Crippen molar-refractivity contribution in [2.75, 3.05) is 18.7 Å². The molecule has 7 heteroatoms. The Morgan fingerprint density at radius 3 is 2.60 bits per heavy atom. The second-order valence-corrected chi connectivity index (χ2v) is 8.74. The number of carbonyl (C=O) groups excluding carboxylic acids is 1. The maximum Gasteiger partial charge on any atom is 0.258 e. The first-order valence-electron chi connectivity index (χ1n) is 9.70. The molecule has 0 bridgehead atoms. The summed E-state index contributed by atoms with van der Waals surface area (Å²) in [6.07, 6.45) is 0. The highest BCUT2D eigenvalue weighted by Gasteiger charge is 2.26. The molecule has 0 unspecified atom stereocenters. The van der Waals surface area contributed by atoms with Crippen LogP contribution >= 0.6 is 11.6 Å². The molecule has 0 atom stereocenters. The highest BCUT2D eigenvalue weighted by atomic mass is 35.5. The molecule has 6 nitrogen and oxygen atoms in total. The van der Waals surface area contributed by atoms with Gasteiger partial charge >= 0.3 is 0 Å². The van der Waals surface area contributed by atoms with Crippen molar-refractivity contribution in [3.63, 3.8) is 0 Å². The monoisotopic (exact) mass is 425 g/mol. The van der Waals surface area contributed by atoms with Crippen molar-refractivity contribution in [1.82, 2.24) is 9.78 Å². The standard InChI is InChI=1S/C23H24ClN3O3/c1-14-20(24)21(23(2,3)4)27(25-14)17-8-6-7-15(11-17)22(28)26(5)16-9-10-18-19(12-16)30-13-29-18/h6-12H,13H2,1-5H3. The van der Waals surface area contributed by atoms with E-state index in [1.165, 1.54) is 0 Å². The number of aromatic nitrogens is 2. The van der Waals surface area contributed by atoms with Crippen molar-refractivity contribution < 1.29 is 14.3 Å². The number of ether oxygens (including phenoxy) is 2. The average Bonchev–Trinajstić information content (AvgIpc) is 3.30. The lowest BCUT2D eigenvalue weighted by Crippen LogP contribution is -2.26. The molecule has 0 aliphatic carbocycles. The fourth-order valence-electron chi connectivity index (χ4n) is 3.52. The number of halogens is 1. The van der Waals surface area contributed by atoms with Crippen molar-refractivity contribution in [2.24, 2.45) is 0 Å². The van der Waals surface area contributed by atoms with E-state index in [9.17, 15) is 4.79 Å². The minimum Gasteiger partial charge on any atom is -0.454 e. The van der Waals surface area contributed by atoms with Gasteiger partial charge in [-0.1, -0.05) is 38.4 Å². The van der Waals surface area contributed by atoms with Gasteiger partial charge in [0.1, 0.15) is 0 Å². The van der Waals surface area contributed by atoms with Crippen LogP contribution in [0.3, 0.4) is 0 Å². The average molecular weight is 426 g/mol. The van der Waals surface area contributed by atoms with E-state index in [1.807, 2.05) is 41.9 Å². The number of fused-ring (bicyclic) bond motifs is 1. The Morgan fingerprint density at radius 2 is 1.87 bits per heavy atom. The Kier molecular flexibility index (Phi) is 4.98. The van der Waals surface area contributed by atoms with Gasteiger partial charge in [-0.05, 0) is 37.3 Å². The van der Waals surface area contributed by atoms with Gasteiger partial charge in [0.15, 0.2) is 11.5 Å². The molecule has 4 rings (SSSR count). The number of rotatable bonds is 3. The summed E-state index contributed by atoms with van der Waals surface area (Å²) in [6.45, 7) is 8.35. The van der Waals surface area contributed by atoms with Crippen LogP contribution in [-0.4, -0.2) is 29.5 Å². The number of amides is 1. The maximum atomic E-state index is 13.2. The van der Waals surface area contributed by atoms with Crippen molar-refractivity contribution in [3.05, 3.63) is 64.4 Å². The fraction of sp³-hybridized carbons (Fsp3) is 0.304. The van der Waals surface area contributed by atoms with E-state index in [2.05, 4.69) is 25.9 Å². The molecule has 3 aromatic rings. The minimum absolute atomic E-state index is 0.136. The van der Waals surface area contributed by atoms with Crippen LogP contribution in [0.15, 0.2) is 42.5 Å². The lowest BCUT2D eigenvalue weighted by atomic mass is 9.91. The second-order valence-electron chi connectivity index (χ2n) is 8.36. The molecule has 1 aliphatic rings. The quantitative estimate of drug-likeness (QED) is 0.583. The van der Waals surface area contributed by atoms with Crippen LogP contribution in [0.4, 0.5) is 5.69 Å². The summed E-state index contributed by atoms with van der Waals surface area (Å²) < 4.78 is 12.6. The lowest BCUT2D eigenvalue weighted by molar-refractivity contribution is 0.0993. The van der Waals surface area contributed by atoms with Crippen molar-refractivity contribution in [2.45, 2.75) is 33.1 Å². The van der Waals surface area contributed by atoms with Gasteiger partial charge in [0.2, 0.25) is 6.79 Å². The van der Waals surface area contributed by atoms with Gasteiger partial charge < -0.3 is 14.4 Å². The largest absolute Gasteiger partial charge is 0.454 e. The Morgan fingerprint density at radius 1 is 1.13 bits per heavy atom. The summed E-state index contributed by atoms with van der Waals surface area (Å²) in [5.74, 6) is 1.18. The maximum absolute atomic E-state index is 13.2. The number of hydrogen-bond acceptors (Lipinski definition) is 4. The third kappa shape index (κ3) is 3.52. The summed E-state index contributed by atoms with van der Waals surface area (Å²) in [5.41, 5.74) is 3.53. The first-order chi connectivity index (χ1) is 14.2. The molecule has 0 radical (unpaired) electrons. The van der Waals surface area contributed by atoms with E-state index < -0.39 is 0 Å². The van der Waals surface area contributed by atoms with E-state index in [0.29, 0.717) is 22.1 Å². The normalized spacial score (nSPS) is 12.9. The molecule has 156 valence electrons. The predicted octanol–water partition coefficient (Wildman–Crippen LogP) is 5.14. The molecule has 30 heavy (non-hydrogen) atoms. The van der Waals surface area contributed by atoms with Crippen LogP contribution in [0, 0.1) is 6.92 Å². The van der Waals surface area contributed by atoms with Crippen molar-refractivity contribution in [3.8, 4) is 17.2 Å². The molecule has 0 fully saturated rings. The highest BCUT2D eigenvalue weighted by molar-refractivity contribution is 6.32. The number of anilines is 1. The van der Waals surface area contributed by atoms with Gasteiger partial charge in [0, 0.05) is 29.8 Å². The van der Waals surface area contributed by atoms with Crippen LogP contribution in [0.25, 0.3) is 5.69 Å². The van der Waals surface area contributed by atoms with E-state index in [4.69, 9.17) is 21.1 Å². The zero-order valence-electron chi connectivity index (χ0n) is 17.7. The molecule has 0 N–H and O–H groups in total. The summed E-state index contributed by atoms with van der Waals surface area (Å²) in [4.78, 5) is 14.8. The summed E-state index contributed by atoms with van der Waals surface area (Å²) in [5, 5.41) is 5.27. The Bertz CT molecular complexity index is 1130. The number of carbonyl (C=O) groups is 1. The predicted molar refractivity (Wildman–Crippen MR) is 117 cm³/mol. The van der Waals surface area contributed by atoms with Gasteiger partial charge in [-0.15, -0.1) is 0 Å². The molecular weight excluding hydrogens is 402 g/mol. The summed E-state index contributed by atoms with van der Waals surface area (Å²) >= 11 is 6.55. The van der Waals surface area contributed by atoms with E-state index in [-0.39, 0.29) is 18.1 Å². The Labute approximate surface area is 181 Å². The summed E-state index contributed by atoms with van der Waals surface area (Å²) in [6, 6.07) is 12.9. The Balaban J connectivity index is 1.69. The number of benzene rings is 2. The highest BCUT2D eigenvalue weighted by Crippen LogP contribution is 2.36. The molecule has 1 aromatic heterocycles. The van der Waals surface area contributed by atoms with Crippen LogP contribution in [0.1, 0.15) is 42.5 Å². The zero-order chi connectivity index (χ0) is 21.6. The zero-order valence-corrected chi connectivity index (χ0v) is 18.4. The molecule has 0 saturated heterocycles. The third-order valence-corrected chi connectivity index (χ3v) is 5.54. The van der Waals surface area contributed by atoms with Gasteiger partial charge in [-0.25, -0.2) is 4.68 Å². The Hall–Kier alpha value is -2.99. The first-order valence-corrected chi connectivity index (χ1v) is 10.1. The molecule has 1 amide bonds. The molecular formula is C23H24ClN3O3. The van der Waals surface area contributed by atoms with Gasteiger partial charge in [0.25, 0.3) is 5.91 Å². The molecule has 2 heterocycles. The molecule has 1 aliphatic heterocycles. The van der Waals surface area contributed by atoms with Gasteiger partial charge in [0.05, 0.1) is 22.1 Å². The van der Waals surface area contributed by atoms with Gasteiger partial charge in [-0.2, -0.15) is 5.10 Å². The molecule has 0 spiro atoms. The number of aryl methyl sites for hydroxylation is 1. The van der Waals surface area contributed by atoms with Crippen molar-refractivity contribution in [1.29, 1.82) is 0 Å². The van der Waals surface area contributed by atoms with Crippen LogP contribution in [-0.2, 0) is 5.41 Å². The smallest absolute Gasteiger partial charge is 0.258 e. The SMILES string of the molecule is Cc1nn(-c2cccc(C(=O)N(C)c3ccc4c(c3)OCO4)c2)c(C(C)(C)C)c1Cl. The van der Waals surface area contributed by atoms with E-state index in [1.54, 1.807) is 24.1 Å². The van der Waals surface area contributed by atoms with Crippen LogP contribution in [0.2, 0.25) is 5.02 Å². The lowest BCUT2D eigenvalue weighted by Gasteiger charge is -2.22. The van der Waals surface area contributed by atoms with E-state index in [0.717, 1.165) is 22.8 Å². The first kappa shape index (κ1) is 20.3.